The van der Waals surface area contributed by atoms with Gasteiger partial charge in [0, 0.05) is 18.9 Å². The molecule has 0 saturated carbocycles. The van der Waals surface area contributed by atoms with Crippen LogP contribution >= 0.6 is 0 Å². The maximum Gasteiger partial charge on any atom is 0.234 e. The van der Waals surface area contributed by atoms with E-state index >= 15 is 0 Å². The van der Waals surface area contributed by atoms with Crippen LogP contribution in [-0.4, -0.2) is 38.5 Å². The summed E-state index contributed by atoms with van der Waals surface area (Å²) in [4.78, 5) is 26.6. The van der Waals surface area contributed by atoms with E-state index in [2.05, 4.69) is 9.98 Å². The van der Waals surface area contributed by atoms with Crippen LogP contribution in [0.25, 0.3) is 0 Å². The van der Waals surface area contributed by atoms with Crippen molar-refractivity contribution < 1.29 is 19.1 Å². The molecule has 0 amide bonds. The summed E-state index contributed by atoms with van der Waals surface area (Å²) in [5.41, 5.74) is 0. The van der Waals surface area contributed by atoms with Crippen molar-refractivity contribution >= 4 is 12.2 Å². The predicted octanol–water partition coefficient (Wildman–Crippen LogP) is 1.90. The highest BCUT2D eigenvalue weighted by atomic mass is 16.5. The summed E-state index contributed by atoms with van der Waals surface area (Å²) < 4.78 is 11.0. The fourth-order valence-corrected chi connectivity index (χ4v) is 1.41. The molecule has 0 bridgehead atoms. The van der Waals surface area contributed by atoms with Gasteiger partial charge >= 0.3 is 0 Å². The molecule has 0 spiro atoms. The van der Waals surface area contributed by atoms with Crippen LogP contribution in [0.2, 0.25) is 0 Å². The van der Waals surface area contributed by atoms with Gasteiger partial charge in [0.1, 0.15) is 11.5 Å². The number of nitrogens with zero attached hydrogens (tertiary/aromatic N) is 2. The lowest BCUT2D eigenvalue weighted by Gasteiger charge is -2.08. The molecule has 0 saturated heterocycles. The number of rotatable bonds is 10. The van der Waals surface area contributed by atoms with Crippen molar-refractivity contribution in [1.82, 2.24) is 0 Å². The molecule has 0 heterocycles. The lowest BCUT2D eigenvalue weighted by molar-refractivity contribution is 0.298. The number of hydrogen-bond acceptors (Lipinski definition) is 6. The van der Waals surface area contributed by atoms with Crippen LogP contribution in [0.4, 0.5) is 0 Å². The molecule has 0 radical (unpaired) electrons. The molecule has 6 heteroatoms. The highest BCUT2D eigenvalue weighted by Gasteiger charge is 1.98. The second kappa shape index (κ2) is 10.5. The Balaban J connectivity index is 2.29. The van der Waals surface area contributed by atoms with Crippen LogP contribution in [0.5, 0.6) is 11.5 Å². The SMILES string of the molecule is O=C=NCCCOc1cccc(OCCCN=C=O)c1. The summed E-state index contributed by atoms with van der Waals surface area (Å²) >= 11 is 0. The van der Waals surface area contributed by atoms with Gasteiger partial charge in [-0.1, -0.05) is 6.07 Å². The van der Waals surface area contributed by atoms with Crippen molar-refractivity contribution in [2.45, 2.75) is 12.8 Å². The molecule has 0 aliphatic carbocycles. The Morgan fingerprint density at radius 2 is 1.40 bits per heavy atom. The Hall–Kier alpha value is -2.42. The van der Waals surface area contributed by atoms with Gasteiger partial charge in [0.15, 0.2) is 0 Å². The summed E-state index contributed by atoms with van der Waals surface area (Å²) in [7, 11) is 0. The van der Waals surface area contributed by atoms with E-state index in [0.29, 0.717) is 50.6 Å². The van der Waals surface area contributed by atoms with Crippen molar-refractivity contribution in [2.75, 3.05) is 26.3 Å². The van der Waals surface area contributed by atoms with Crippen molar-refractivity contribution in [2.24, 2.45) is 9.98 Å². The molecule has 0 aliphatic rings. The Labute approximate surface area is 117 Å². The fourth-order valence-electron chi connectivity index (χ4n) is 1.41. The zero-order valence-electron chi connectivity index (χ0n) is 11.1. The fraction of sp³-hybridized carbons (Fsp3) is 0.429. The largest absolute Gasteiger partial charge is 0.493 e. The van der Waals surface area contributed by atoms with Crippen molar-refractivity contribution in [1.29, 1.82) is 0 Å². The van der Waals surface area contributed by atoms with Crippen LogP contribution in [-0.2, 0) is 9.59 Å². The molecule has 0 aliphatic heterocycles. The number of ether oxygens (including phenoxy) is 2. The molecule has 0 unspecified atom stereocenters. The van der Waals surface area contributed by atoms with E-state index in [1.165, 1.54) is 12.2 Å². The standard InChI is InChI=1S/C14H16N2O4/c17-11-15-6-2-8-19-13-4-1-5-14(10-13)20-9-3-7-16-12-18/h1,4-5,10H,2-3,6-9H2. The average molecular weight is 276 g/mol. The van der Waals surface area contributed by atoms with Crippen LogP contribution in [0, 0.1) is 0 Å². The maximum absolute atomic E-state index is 9.87. The topological polar surface area (TPSA) is 77.3 Å². The maximum atomic E-state index is 9.87. The molecule has 1 rings (SSSR count). The van der Waals surface area contributed by atoms with Crippen LogP contribution in [0.15, 0.2) is 34.3 Å². The summed E-state index contributed by atoms with van der Waals surface area (Å²) in [6, 6.07) is 7.27. The minimum absolute atomic E-state index is 0.414. The summed E-state index contributed by atoms with van der Waals surface area (Å²) in [5.74, 6) is 1.40. The zero-order valence-corrected chi connectivity index (χ0v) is 11.1. The highest BCUT2D eigenvalue weighted by molar-refractivity contribution is 5.33. The van der Waals surface area contributed by atoms with Gasteiger partial charge in [-0.3, -0.25) is 0 Å². The van der Waals surface area contributed by atoms with Crippen LogP contribution in [0.1, 0.15) is 12.8 Å². The minimum atomic E-state index is 0.414. The third kappa shape index (κ3) is 7.11. The van der Waals surface area contributed by atoms with Gasteiger partial charge in [0.25, 0.3) is 0 Å². The van der Waals surface area contributed by atoms with Gasteiger partial charge in [-0.15, -0.1) is 0 Å². The molecule has 0 aromatic heterocycles. The number of isocyanates is 2. The number of aliphatic imine (C=N–C) groups is 2. The van der Waals surface area contributed by atoms with Crippen molar-refractivity contribution in [3.63, 3.8) is 0 Å². The number of carbonyl (C=O) groups excluding carboxylic acids is 2. The van der Waals surface area contributed by atoms with E-state index in [1.54, 1.807) is 6.07 Å². The second-order valence-corrected chi connectivity index (χ2v) is 3.82. The summed E-state index contributed by atoms with van der Waals surface area (Å²) in [5, 5.41) is 0. The molecular weight excluding hydrogens is 260 g/mol. The van der Waals surface area contributed by atoms with E-state index < -0.39 is 0 Å². The van der Waals surface area contributed by atoms with E-state index in [4.69, 9.17) is 9.47 Å². The monoisotopic (exact) mass is 276 g/mol. The first-order chi connectivity index (χ1) is 9.86. The molecule has 0 atom stereocenters. The molecular formula is C14H16N2O4. The van der Waals surface area contributed by atoms with E-state index in [0.717, 1.165) is 0 Å². The highest BCUT2D eigenvalue weighted by Crippen LogP contribution is 2.19. The molecule has 20 heavy (non-hydrogen) atoms. The van der Waals surface area contributed by atoms with Crippen molar-refractivity contribution in [3.8, 4) is 11.5 Å². The lowest BCUT2D eigenvalue weighted by atomic mass is 10.3. The first-order valence-corrected chi connectivity index (χ1v) is 6.29. The molecule has 0 fully saturated rings. The third-order valence-corrected chi connectivity index (χ3v) is 2.30. The van der Waals surface area contributed by atoms with Gasteiger partial charge < -0.3 is 9.47 Å². The van der Waals surface area contributed by atoms with Gasteiger partial charge in [-0.25, -0.2) is 19.6 Å². The first kappa shape index (κ1) is 15.6. The Morgan fingerprint density at radius 1 is 0.900 bits per heavy atom. The van der Waals surface area contributed by atoms with Gasteiger partial charge in [-0.2, -0.15) is 0 Å². The minimum Gasteiger partial charge on any atom is -0.493 e. The van der Waals surface area contributed by atoms with E-state index in [-0.39, 0.29) is 0 Å². The quantitative estimate of drug-likeness (QED) is 0.371. The van der Waals surface area contributed by atoms with Gasteiger partial charge in [0.05, 0.1) is 26.3 Å². The normalized spacial score (nSPS) is 9.20. The third-order valence-electron chi connectivity index (χ3n) is 2.30. The Morgan fingerprint density at radius 3 is 1.85 bits per heavy atom. The van der Waals surface area contributed by atoms with Crippen LogP contribution < -0.4 is 9.47 Å². The first-order valence-electron chi connectivity index (χ1n) is 6.29. The smallest absolute Gasteiger partial charge is 0.234 e. The van der Waals surface area contributed by atoms with E-state index in [1.807, 2.05) is 18.2 Å². The summed E-state index contributed by atoms with van der Waals surface area (Å²) in [6.45, 7) is 1.78. The van der Waals surface area contributed by atoms with Gasteiger partial charge in [-0.05, 0) is 12.1 Å². The number of hydrogen-bond donors (Lipinski definition) is 0. The van der Waals surface area contributed by atoms with Crippen molar-refractivity contribution in [3.05, 3.63) is 24.3 Å². The Bertz CT molecular complexity index is 450. The average Bonchev–Trinajstić information content (AvgIpc) is 2.47. The Kier molecular flexibility index (Phi) is 8.21. The molecule has 6 nitrogen and oxygen atoms in total. The predicted molar refractivity (Wildman–Crippen MR) is 72.6 cm³/mol. The van der Waals surface area contributed by atoms with E-state index in [9.17, 15) is 9.59 Å². The summed E-state index contributed by atoms with van der Waals surface area (Å²) in [6.07, 6.45) is 4.28. The molecule has 1 aromatic rings. The van der Waals surface area contributed by atoms with Gasteiger partial charge in [0.2, 0.25) is 12.2 Å². The zero-order chi connectivity index (χ0) is 14.5. The van der Waals surface area contributed by atoms with Crippen LogP contribution in [0.3, 0.4) is 0 Å². The molecule has 106 valence electrons. The second-order valence-electron chi connectivity index (χ2n) is 3.82. The molecule has 1 aromatic carbocycles. The lowest BCUT2D eigenvalue weighted by Crippen LogP contribution is -2.01. The number of benzene rings is 1. The molecule has 0 N–H and O–H groups in total.